The zero-order valence-corrected chi connectivity index (χ0v) is 13.0. The molecular weight excluding hydrogens is 318 g/mol. The topological polar surface area (TPSA) is 60.0 Å². The Hall–Kier alpha value is -1.24. The Morgan fingerprint density at radius 2 is 2.00 bits per heavy atom. The molecule has 20 heavy (non-hydrogen) atoms. The van der Waals surface area contributed by atoms with Crippen LogP contribution in [-0.4, -0.2) is 32.3 Å². The van der Waals surface area contributed by atoms with Gasteiger partial charge < -0.3 is 10.3 Å². The number of fused-ring (bicyclic) bond motifs is 1. The van der Waals surface area contributed by atoms with Crippen molar-refractivity contribution in [1.29, 1.82) is 0 Å². The normalized spacial score (nSPS) is 18.6. The fraction of sp³-hybridized carbons (Fsp3) is 0.429. The van der Waals surface area contributed by atoms with Crippen LogP contribution in [-0.2, 0) is 13.1 Å². The van der Waals surface area contributed by atoms with Crippen LogP contribution in [0.1, 0.15) is 24.4 Å². The Kier molecular flexibility index (Phi) is 3.87. The molecule has 2 aromatic rings. The summed E-state index contributed by atoms with van der Waals surface area (Å²) in [4.78, 5) is 2.39. The van der Waals surface area contributed by atoms with E-state index in [1.807, 2.05) is 0 Å². The molecule has 2 N–H and O–H groups in total. The van der Waals surface area contributed by atoms with Gasteiger partial charge in [0, 0.05) is 23.6 Å². The standard InChI is InChI=1S/C14H18BrN5/c1-10(16)14(11-2-4-12(15)5-3-11)19-6-7-20-9-17-18-13(20)8-19/h2-5,9-10,14H,6-8,16H2,1H3. The molecule has 1 aromatic heterocycles. The second kappa shape index (κ2) is 5.63. The molecule has 0 spiro atoms. The van der Waals surface area contributed by atoms with Crippen LogP contribution in [0.25, 0.3) is 0 Å². The van der Waals surface area contributed by atoms with Crippen LogP contribution in [0.15, 0.2) is 35.1 Å². The van der Waals surface area contributed by atoms with Crippen molar-refractivity contribution < 1.29 is 0 Å². The molecule has 1 aromatic carbocycles. The minimum Gasteiger partial charge on any atom is -0.326 e. The molecular formula is C14H18BrN5. The number of hydrogen-bond donors (Lipinski definition) is 1. The lowest BCUT2D eigenvalue weighted by Crippen LogP contribution is -2.43. The van der Waals surface area contributed by atoms with Gasteiger partial charge in [-0.05, 0) is 24.6 Å². The summed E-state index contributed by atoms with van der Waals surface area (Å²) in [5.74, 6) is 1.01. The van der Waals surface area contributed by atoms with Crippen LogP contribution >= 0.6 is 15.9 Å². The van der Waals surface area contributed by atoms with Gasteiger partial charge in [0.05, 0.1) is 12.6 Å². The van der Waals surface area contributed by atoms with Gasteiger partial charge in [-0.3, -0.25) is 4.90 Å². The molecule has 5 nitrogen and oxygen atoms in total. The Morgan fingerprint density at radius 1 is 1.25 bits per heavy atom. The first-order valence-electron chi connectivity index (χ1n) is 6.77. The second-order valence-corrected chi connectivity index (χ2v) is 6.18. The summed E-state index contributed by atoms with van der Waals surface area (Å²) in [5.41, 5.74) is 7.48. The maximum atomic E-state index is 6.24. The SMILES string of the molecule is CC(N)C(c1ccc(Br)cc1)N1CCn2cnnc2C1. The molecule has 6 heteroatoms. The van der Waals surface area contributed by atoms with Gasteiger partial charge in [-0.25, -0.2) is 0 Å². The highest BCUT2D eigenvalue weighted by molar-refractivity contribution is 9.10. The number of rotatable bonds is 3. The lowest BCUT2D eigenvalue weighted by Gasteiger charge is -2.36. The minimum atomic E-state index is 0.0608. The Labute approximate surface area is 126 Å². The molecule has 3 rings (SSSR count). The van der Waals surface area contributed by atoms with E-state index in [0.717, 1.165) is 29.9 Å². The van der Waals surface area contributed by atoms with E-state index in [1.165, 1.54) is 5.56 Å². The highest BCUT2D eigenvalue weighted by Crippen LogP contribution is 2.28. The van der Waals surface area contributed by atoms with Gasteiger partial charge in [-0.15, -0.1) is 10.2 Å². The van der Waals surface area contributed by atoms with Gasteiger partial charge in [0.2, 0.25) is 0 Å². The van der Waals surface area contributed by atoms with Crippen LogP contribution in [0.4, 0.5) is 0 Å². The first-order chi connectivity index (χ1) is 9.65. The monoisotopic (exact) mass is 335 g/mol. The number of hydrogen-bond acceptors (Lipinski definition) is 4. The summed E-state index contributed by atoms with van der Waals surface area (Å²) < 4.78 is 3.19. The van der Waals surface area contributed by atoms with E-state index in [2.05, 4.69) is 66.8 Å². The molecule has 0 aliphatic carbocycles. The molecule has 2 atom stereocenters. The van der Waals surface area contributed by atoms with E-state index in [4.69, 9.17) is 5.73 Å². The summed E-state index contributed by atoms with van der Waals surface area (Å²) in [6.45, 7) is 4.74. The van der Waals surface area contributed by atoms with E-state index in [-0.39, 0.29) is 12.1 Å². The number of halogens is 1. The van der Waals surface area contributed by atoms with Crippen LogP contribution in [0.3, 0.4) is 0 Å². The predicted molar refractivity (Wildman–Crippen MR) is 81.0 cm³/mol. The molecule has 0 saturated heterocycles. The van der Waals surface area contributed by atoms with Gasteiger partial charge in [0.15, 0.2) is 0 Å². The quantitative estimate of drug-likeness (QED) is 0.931. The zero-order valence-electron chi connectivity index (χ0n) is 11.4. The summed E-state index contributed by atoms with van der Waals surface area (Å²) in [6.07, 6.45) is 1.80. The van der Waals surface area contributed by atoms with Gasteiger partial charge in [0.1, 0.15) is 12.2 Å². The van der Waals surface area contributed by atoms with Crippen LogP contribution < -0.4 is 5.73 Å². The third-order valence-corrected chi connectivity index (χ3v) is 4.30. The highest BCUT2D eigenvalue weighted by Gasteiger charge is 2.28. The molecule has 0 saturated carbocycles. The van der Waals surface area contributed by atoms with Crippen molar-refractivity contribution in [2.24, 2.45) is 5.73 Å². The molecule has 106 valence electrons. The van der Waals surface area contributed by atoms with Crippen molar-refractivity contribution in [2.75, 3.05) is 6.54 Å². The van der Waals surface area contributed by atoms with E-state index >= 15 is 0 Å². The molecule has 2 unspecified atom stereocenters. The number of benzene rings is 1. The predicted octanol–water partition coefficient (Wildman–Crippen LogP) is 1.94. The van der Waals surface area contributed by atoms with Gasteiger partial charge in [0.25, 0.3) is 0 Å². The highest BCUT2D eigenvalue weighted by atomic mass is 79.9. The number of aromatic nitrogens is 3. The molecule has 1 aliphatic rings. The third kappa shape index (κ3) is 2.63. The zero-order chi connectivity index (χ0) is 14.1. The fourth-order valence-corrected chi connectivity index (χ4v) is 3.09. The van der Waals surface area contributed by atoms with Crippen molar-refractivity contribution >= 4 is 15.9 Å². The first kappa shape index (κ1) is 13.7. The molecule has 0 amide bonds. The van der Waals surface area contributed by atoms with Crippen molar-refractivity contribution in [2.45, 2.75) is 32.1 Å². The summed E-state index contributed by atoms with van der Waals surface area (Å²) in [6, 6.07) is 8.67. The minimum absolute atomic E-state index is 0.0608. The molecule has 2 heterocycles. The van der Waals surface area contributed by atoms with E-state index < -0.39 is 0 Å². The van der Waals surface area contributed by atoms with E-state index in [9.17, 15) is 0 Å². The smallest absolute Gasteiger partial charge is 0.147 e. The van der Waals surface area contributed by atoms with Gasteiger partial charge in [-0.1, -0.05) is 28.1 Å². The summed E-state index contributed by atoms with van der Waals surface area (Å²) in [7, 11) is 0. The Balaban J connectivity index is 1.87. The average Bonchev–Trinajstić information content (AvgIpc) is 2.88. The van der Waals surface area contributed by atoms with Crippen molar-refractivity contribution in [3.63, 3.8) is 0 Å². The fourth-order valence-electron chi connectivity index (χ4n) is 2.83. The lowest BCUT2D eigenvalue weighted by atomic mass is 9.98. The maximum Gasteiger partial charge on any atom is 0.147 e. The van der Waals surface area contributed by atoms with Gasteiger partial charge >= 0.3 is 0 Å². The lowest BCUT2D eigenvalue weighted by molar-refractivity contribution is 0.136. The van der Waals surface area contributed by atoms with E-state index in [0.29, 0.717) is 0 Å². The van der Waals surface area contributed by atoms with E-state index in [1.54, 1.807) is 6.33 Å². The molecule has 1 aliphatic heterocycles. The van der Waals surface area contributed by atoms with Crippen molar-refractivity contribution in [1.82, 2.24) is 19.7 Å². The van der Waals surface area contributed by atoms with Crippen molar-refractivity contribution in [3.05, 3.63) is 46.5 Å². The number of nitrogens with two attached hydrogens (primary N) is 1. The summed E-state index contributed by atoms with van der Waals surface area (Å²) >= 11 is 3.48. The Morgan fingerprint density at radius 3 is 2.70 bits per heavy atom. The molecule has 0 radical (unpaired) electrons. The van der Waals surface area contributed by atoms with Crippen molar-refractivity contribution in [3.8, 4) is 0 Å². The molecule has 0 bridgehead atoms. The first-order valence-corrected chi connectivity index (χ1v) is 7.56. The van der Waals surface area contributed by atoms with Crippen LogP contribution in [0.2, 0.25) is 0 Å². The second-order valence-electron chi connectivity index (χ2n) is 5.27. The third-order valence-electron chi connectivity index (χ3n) is 3.77. The summed E-state index contributed by atoms with van der Waals surface area (Å²) in [5, 5.41) is 8.16. The van der Waals surface area contributed by atoms with Gasteiger partial charge in [-0.2, -0.15) is 0 Å². The van der Waals surface area contributed by atoms with Crippen LogP contribution in [0, 0.1) is 0 Å². The maximum absolute atomic E-state index is 6.24. The molecule has 0 fully saturated rings. The number of nitrogens with zero attached hydrogens (tertiary/aromatic N) is 4. The van der Waals surface area contributed by atoms with Crippen LogP contribution in [0.5, 0.6) is 0 Å². The average molecular weight is 336 g/mol. The Bertz CT molecular complexity index is 578. The largest absolute Gasteiger partial charge is 0.326 e.